The number of nitrogens with one attached hydrogen (secondary N) is 1. The van der Waals surface area contributed by atoms with Crippen molar-refractivity contribution in [2.75, 3.05) is 18.5 Å². The van der Waals surface area contributed by atoms with E-state index in [0.29, 0.717) is 11.4 Å². The van der Waals surface area contributed by atoms with Gasteiger partial charge in [-0.25, -0.2) is 0 Å². The highest BCUT2D eigenvalue weighted by Crippen LogP contribution is 2.16. The van der Waals surface area contributed by atoms with Crippen LogP contribution in [0.4, 0.5) is 5.69 Å². The van der Waals surface area contributed by atoms with Gasteiger partial charge in [0.25, 0.3) is 0 Å². The number of amides is 1. The molecule has 5 heteroatoms. The van der Waals surface area contributed by atoms with Gasteiger partial charge in [-0.2, -0.15) is 0 Å². The van der Waals surface area contributed by atoms with E-state index in [1.807, 2.05) is 24.3 Å². The van der Waals surface area contributed by atoms with Crippen molar-refractivity contribution >= 4 is 11.6 Å². The fourth-order valence-electron chi connectivity index (χ4n) is 2.09. The van der Waals surface area contributed by atoms with Gasteiger partial charge in [-0.1, -0.05) is 19.1 Å². The number of hydrogen-bond acceptors (Lipinski definition) is 4. The fourth-order valence-corrected chi connectivity index (χ4v) is 2.09. The standard InChI is InChI=1S/C19H23NO4/c1-3-15-4-8-18(9-5-15)23-12-17(22)13-24-19-10-6-16(7-11-19)20-14(2)21/h4-11,17,22H,3,12-13H2,1-2H3,(H,20,21)/t17-/m0/s1. The minimum atomic E-state index is -0.731. The maximum Gasteiger partial charge on any atom is 0.221 e. The summed E-state index contributed by atoms with van der Waals surface area (Å²) in [6, 6.07) is 14.8. The first kappa shape index (κ1) is 17.8. The first-order valence-electron chi connectivity index (χ1n) is 7.97. The Labute approximate surface area is 142 Å². The molecule has 1 amide bonds. The van der Waals surface area contributed by atoms with Crippen LogP contribution in [0, 0.1) is 0 Å². The second kappa shape index (κ2) is 8.93. The Hall–Kier alpha value is -2.53. The molecule has 0 unspecified atom stereocenters. The van der Waals surface area contributed by atoms with Crippen molar-refractivity contribution in [3.63, 3.8) is 0 Å². The lowest BCUT2D eigenvalue weighted by molar-refractivity contribution is -0.114. The van der Waals surface area contributed by atoms with Crippen LogP contribution in [0.25, 0.3) is 0 Å². The molecule has 0 fully saturated rings. The summed E-state index contributed by atoms with van der Waals surface area (Å²) in [7, 11) is 0. The molecule has 0 aliphatic carbocycles. The summed E-state index contributed by atoms with van der Waals surface area (Å²) in [4.78, 5) is 10.9. The largest absolute Gasteiger partial charge is 0.491 e. The van der Waals surface area contributed by atoms with Gasteiger partial charge in [0.05, 0.1) is 0 Å². The molecule has 0 saturated carbocycles. The molecule has 0 aliphatic rings. The molecule has 1 atom stereocenters. The number of rotatable bonds is 8. The Morgan fingerprint density at radius 3 is 1.96 bits per heavy atom. The summed E-state index contributed by atoms with van der Waals surface area (Å²) in [5.41, 5.74) is 1.95. The van der Waals surface area contributed by atoms with Crippen LogP contribution in [0.5, 0.6) is 11.5 Å². The Kier molecular flexibility index (Phi) is 6.63. The van der Waals surface area contributed by atoms with Crippen LogP contribution in [0.15, 0.2) is 48.5 Å². The molecule has 0 radical (unpaired) electrons. The predicted molar refractivity (Wildman–Crippen MR) is 93.6 cm³/mol. The van der Waals surface area contributed by atoms with Crippen molar-refractivity contribution in [2.24, 2.45) is 0 Å². The van der Waals surface area contributed by atoms with Gasteiger partial charge in [0, 0.05) is 12.6 Å². The van der Waals surface area contributed by atoms with Gasteiger partial charge in [0.15, 0.2) is 0 Å². The van der Waals surface area contributed by atoms with Gasteiger partial charge < -0.3 is 19.9 Å². The van der Waals surface area contributed by atoms with Crippen molar-refractivity contribution in [3.05, 3.63) is 54.1 Å². The summed E-state index contributed by atoms with van der Waals surface area (Å²) in [5.74, 6) is 1.23. The number of aryl methyl sites for hydroxylation is 1. The van der Waals surface area contributed by atoms with E-state index >= 15 is 0 Å². The summed E-state index contributed by atoms with van der Waals surface area (Å²) in [6.45, 7) is 3.85. The Morgan fingerprint density at radius 2 is 1.50 bits per heavy atom. The first-order chi connectivity index (χ1) is 11.6. The van der Waals surface area contributed by atoms with Crippen molar-refractivity contribution in [1.82, 2.24) is 0 Å². The zero-order valence-corrected chi connectivity index (χ0v) is 14.0. The lowest BCUT2D eigenvalue weighted by Crippen LogP contribution is -2.25. The monoisotopic (exact) mass is 329 g/mol. The number of aliphatic hydroxyl groups is 1. The molecule has 24 heavy (non-hydrogen) atoms. The number of anilines is 1. The van der Waals surface area contributed by atoms with Gasteiger partial charge >= 0.3 is 0 Å². The van der Waals surface area contributed by atoms with Crippen LogP contribution >= 0.6 is 0 Å². The van der Waals surface area contributed by atoms with Gasteiger partial charge in [-0.15, -0.1) is 0 Å². The Bertz CT molecular complexity index is 637. The zero-order chi connectivity index (χ0) is 17.4. The Balaban J connectivity index is 1.73. The SMILES string of the molecule is CCc1ccc(OC[C@H](O)COc2ccc(NC(C)=O)cc2)cc1. The third-order valence-electron chi connectivity index (χ3n) is 3.39. The maximum atomic E-state index is 10.9. The van der Waals surface area contributed by atoms with Gasteiger partial charge in [0.1, 0.15) is 30.8 Å². The summed E-state index contributed by atoms with van der Waals surface area (Å²) >= 11 is 0. The van der Waals surface area contributed by atoms with Crippen molar-refractivity contribution in [1.29, 1.82) is 0 Å². The van der Waals surface area contributed by atoms with E-state index in [1.165, 1.54) is 12.5 Å². The molecule has 128 valence electrons. The number of aliphatic hydroxyl groups excluding tert-OH is 1. The van der Waals surface area contributed by atoms with E-state index in [1.54, 1.807) is 24.3 Å². The summed E-state index contributed by atoms with van der Waals surface area (Å²) in [5, 5.41) is 12.6. The second-order valence-electron chi connectivity index (χ2n) is 5.48. The fraction of sp³-hybridized carbons (Fsp3) is 0.316. The zero-order valence-electron chi connectivity index (χ0n) is 14.0. The van der Waals surface area contributed by atoms with Crippen molar-refractivity contribution < 1.29 is 19.4 Å². The molecule has 0 aromatic heterocycles. The molecular weight excluding hydrogens is 306 g/mol. The van der Waals surface area contributed by atoms with E-state index < -0.39 is 6.10 Å². The molecule has 5 nitrogen and oxygen atoms in total. The van der Waals surface area contributed by atoms with Crippen LogP contribution in [0.1, 0.15) is 19.4 Å². The molecule has 2 rings (SSSR count). The highest BCUT2D eigenvalue weighted by atomic mass is 16.5. The van der Waals surface area contributed by atoms with Crippen molar-refractivity contribution in [2.45, 2.75) is 26.4 Å². The molecular formula is C19H23NO4. The van der Waals surface area contributed by atoms with Crippen LogP contribution in [-0.4, -0.2) is 30.3 Å². The highest BCUT2D eigenvalue weighted by Gasteiger charge is 2.07. The van der Waals surface area contributed by atoms with Crippen molar-refractivity contribution in [3.8, 4) is 11.5 Å². The van der Waals surface area contributed by atoms with E-state index in [9.17, 15) is 9.90 Å². The van der Waals surface area contributed by atoms with E-state index in [-0.39, 0.29) is 19.1 Å². The lowest BCUT2D eigenvalue weighted by Gasteiger charge is -2.14. The normalized spacial score (nSPS) is 11.6. The number of benzene rings is 2. The predicted octanol–water partition coefficient (Wildman–Crippen LogP) is 3.03. The van der Waals surface area contributed by atoms with E-state index in [2.05, 4.69) is 12.2 Å². The highest BCUT2D eigenvalue weighted by molar-refractivity contribution is 5.88. The average Bonchev–Trinajstić information content (AvgIpc) is 2.59. The van der Waals surface area contributed by atoms with Crippen LogP contribution in [0.2, 0.25) is 0 Å². The summed E-state index contributed by atoms with van der Waals surface area (Å²) < 4.78 is 11.1. The van der Waals surface area contributed by atoms with E-state index in [0.717, 1.165) is 12.2 Å². The molecule has 0 spiro atoms. The first-order valence-corrected chi connectivity index (χ1v) is 7.97. The van der Waals surface area contributed by atoms with Gasteiger partial charge in [-0.05, 0) is 48.4 Å². The molecule has 2 N–H and O–H groups in total. The van der Waals surface area contributed by atoms with E-state index in [4.69, 9.17) is 9.47 Å². The van der Waals surface area contributed by atoms with Crippen LogP contribution < -0.4 is 14.8 Å². The van der Waals surface area contributed by atoms with Gasteiger partial charge in [-0.3, -0.25) is 4.79 Å². The molecule has 0 bridgehead atoms. The third kappa shape index (κ3) is 5.93. The third-order valence-corrected chi connectivity index (χ3v) is 3.39. The molecule has 0 heterocycles. The lowest BCUT2D eigenvalue weighted by atomic mass is 10.2. The van der Waals surface area contributed by atoms with Crippen LogP contribution in [0.3, 0.4) is 0 Å². The quantitative estimate of drug-likeness (QED) is 0.781. The molecule has 2 aromatic rings. The average molecular weight is 329 g/mol. The van der Waals surface area contributed by atoms with Gasteiger partial charge in [0.2, 0.25) is 5.91 Å². The summed E-state index contributed by atoms with van der Waals surface area (Å²) in [6.07, 6.45) is 0.253. The molecule has 0 saturated heterocycles. The number of ether oxygens (including phenoxy) is 2. The topological polar surface area (TPSA) is 67.8 Å². The maximum absolute atomic E-state index is 10.9. The second-order valence-corrected chi connectivity index (χ2v) is 5.48. The van der Waals surface area contributed by atoms with Crippen LogP contribution in [-0.2, 0) is 11.2 Å². The minimum absolute atomic E-state index is 0.122. The molecule has 2 aromatic carbocycles. The number of hydrogen-bond donors (Lipinski definition) is 2. The molecule has 0 aliphatic heterocycles. The minimum Gasteiger partial charge on any atom is -0.491 e. The smallest absolute Gasteiger partial charge is 0.221 e. The number of carbonyl (C=O) groups excluding carboxylic acids is 1. The Morgan fingerprint density at radius 1 is 1.00 bits per heavy atom. The number of carbonyl (C=O) groups is 1.